The number of rotatable bonds is 5. The van der Waals surface area contributed by atoms with E-state index < -0.39 is 0 Å². The molecule has 0 heterocycles. The van der Waals surface area contributed by atoms with Gasteiger partial charge in [0.25, 0.3) is 0 Å². The summed E-state index contributed by atoms with van der Waals surface area (Å²) < 4.78 is 0. The van der Waals surface area contributed by atoms with Crippen LogP contribution in [0.3, 0.4) is 0 Å². The number of para-hydroxylation sites is 1. The van der Waals surface area contributed by atoms with Gasteiger partial charge in [-0.3, -0.25) is 4.90 Å². The Morgan fingerprint density at radius 3 is 2.00 bits per heavy atom. The van der Waals surface area contributed by atoms with Crippen molar-refractivity contribution >= 4 is 5.69 Å². The van der Waals surface area contributed by atoms with Crippen LogP contribution in [-0.2, 0) is 0 Å². The standard InChI is InChI=1S/C12H15N/c1-3-10-13(11-4-2)12-8-6-5-7-9-12/h3-9H,1-2,10-11H2/p+1. The average molecular weight is 174 g/mol. The van der Waals surface area contributed by atoms with E-state index >= 15 is 0 Å². The van der Waals surface area contributed by atoms with Gasteiger partial charge in [0, 0.05) is 0 Å². The second kappa shape index (κ2) is 5.33. The highest BCUT2D eigenvalue weighted by atomic mass is 15.1. The molecule has 0 bridgehead atoms. The minimum atomic E-state index is 0.941. The van der Waals surface area contributed by atoms with Crippen LogP contribution in [0.25, 0.3) is 0 Å². The Hall–Kier alpha value is -1.34. The van der Waals surface area contributed by atoms with Crippen LogP contribution in [0.5, 0.6) is 0 Å². The maximum atomic E-state index is 3.75. The molecule has 1 nitrogen and oxygen atoms in total. The highest BCUT2D eigenvalue weighted by Crippen LogP contribution is 1.97. The average Bonchev–Trinajstić information content (AvgIpc) is 2.19. The van der Waals surface area contributed by atoms with Crippen LogP contribution >= 0.6 is 0 Å². The summed E-state index contributed by atoms with van der Waals surface area (Å²) in [7, 11) is 0. The van der Waals surface area contributed by atoms with Crippen LogP contribution in [0.2, 0.25) is 0 Å². The monoisotopic (exact) mass is 174 g/mol. The quantitative estimate of drug-likeness (QED) is 0.646. The van der Waals surface area contributed by atoms with E-state index in [1.807, 2.05) is 18.2 Å². The number of quaternary nitrogens is 1. The van der Waals surface area contributed by atoms with Crippen molar-refractivity contribution in [2.45, 2.75) is 0 Å². The van der Waals surface area contributed by atoms with Crippen molar-refractivity contribution in [1.82, 2.24) is 0 Å². The van der Waals surface area contributed by atoms with Gasteiger partial charge < -0.3 is 0 Å². The molecular formula is C12H16N+. The van der Waals surface area contributed by atoms with E-state index in [-0.39, 0.29) is 0 Å². The van der Waals surface area contributed by atoms with E-state index in [4.69, 9.17) is 0 Å². The molecule has 0 fully saturated rings. The summed E-state index contributed by atoms with van der Waals surface area (Å²) >= 11 is 0. The molecule has 1 aromatic rings. The zero-order valence-corrected chi connectivity index (χ0v) is 7.87. The second-order valence-corrected chi connectivity index (χ2v) is 2.96. The Kier molecular flexibility index (Phi) is 4.00. The van der Waals surface area contributed by atoms with Gasteiger partial charge >= 0.3 is 0 Å². The molecule has 1 heteroatoms. The molecule has 0 atom stereocenters. The Morgan fingerprint density at radius 2 is 1.54 bits per heavy atom. The van der Waals surface area contributed by atoms with Crippen molar-refractivity contribution in [3.05, 3.63) is 55.6 Å². The fraction of sp³-hybridized carbons (Fsp3) is 0.167. The first-order valence-electron chi connectivity index (χ1n) is 4.50. The van der Waals surface area contributed by atoms with Gasteiger partial charge in [0.05, 0.1) is 0 Å². The normalized spacial score (nSPS) is 9.92. The molecule has 1 aromatic carbocycles. The summed E-state index contributed by atoms with van der Waals surface area (Å²) in [4.78, 5) is 1.38. The number of nitrogens with one attached hydrogen (secondary N) is 1. The van der Waals surface area contributed by atoms with Crippen molar-refractivity contribution in [3.63, 3.8) is 0 Å². The largest absolute Gasteiger partial charge is 0.296 e. The molecular weight excluding hydrogens is 158 g/mol. The van der Waals surface area contributed by atoms with Crippen molar-refractivity contribution < 1.29 is 4.90 Å². The predicted molar refractivity (Wildman–Crippen MR) is 57.2 cm³/mol. The van der Waals surface area contributed by atoms with E-state index in [2.05, 4.69) is 37.4 Å². The van der Waals surface area contributed by atoms with Gasteiger partial charge in [-0.15, -0.1) is 0 Å². The lowest BCUT2D eigenvalue weighted by molar-refractivity contribution is -0.819. The van der Waals surface area contributed by atoms with Crippen molar-refractivity contribution in [2.75, 3.05) is 13.1 Å². The first-order chi connectivity index (χ1) is 6.38. The van der Waals surface area contributed by atoms with Crippen LogP contribution in [-0.4, -0.2) is 13.1 Å². The summed E-state index contributed by atoms with van der Waals surface area (Å²) in [6.45, 7) is 9.39. The third-order valence-electron chi connectivity index (χ3n) is 1.96. The van der Waals surface area contributed by atoms with E-state index in [0.717, 1.165) is 13.1 Å². The van der Waals surface area contributed by atoms with Crippen LogP contribution in [0, 0.1) is 0 Å². The Morgan fingerprint density at radius 1 is 1.00 bits per heavy atom. The Labute approximate surface area is 80.0 Å². The van der Waals surface area contributed by atoms with Gasteiger partial charge in [0.15, 0.2) is 0 Å². The predicted octanol–water partition coefficient (Wildman–Crippen LogP) is 1.58. The van der Waals surface area contributed by atoms with Crippen molar-refractivity contribution in [3.8, 4) is 0 Å². The van der Waals surface area contributed by atoms with E-state index in [0.29, 0.717) is 0 Å². The van der Waals surface area contributed by atoms with Gasteiger partial charge in [0.1, 0.15) is 18.8 Å². The Balaban J connectivity index is 2.75. The molecule has 0 saturated heterocycles. The molecule has 0 unspecified atom stereocenters. The summed E-state index contributed by atoms with van der Waals surface area (Å²) in [5.41, 5.74) is 1.29. The van der Waals surface area contributed by atoms with Gasteiger partial charge in [-0.1, -0.05) is 31.4 Å². The molecule has 0 amide bonds. The lowest BCUT2D eigenvalue weighted by Crippen LogP contribution is -3.06. The van der Waals surface area contributed by atoms with Gasteiger partial charge in [0.2, 0.25) is 0 Å². The fourth-order valence-electron chi connectivity index (χ4n) is 1.34. The summed E-state index contributed by atoms with van der Waals surface area (Å²) in [5, 5.41) is 0. The minimum Gasteiger partial charge on any atom is -0.296 e. The zero-order valence-electron chi connectivity index (χ0n) is 7.87. The maximum Gasteiger partial charge on any atom is 0.131 e. The van der Waals surface area contributed by atoms with Crippen LogP contribution in [0.4, 0.5) is 5.69 Å². The van der Waals surface area contributed by atoms with E-state index in [1.165, 1.54) is 10.6 Å². The third kappa shape index (κ3) is 2.88. The molecule has 0 aromatic heterocycles. The number of hydrogen-bond acceptors (Lipinski definition) is 0. The van der Waals surface area contributed by atoms with Crippen molar-refractivity contribution in [2.24, 2.45) is 0 Å². The number of hydrogen-bond donors (Lipinski definition) is 1. The molecule has 68 valence electrons. The summed E-state index contributed by atoms with van der Waals surface area (Å²) in [5.74, 6) is 0. The molecule has 0 saturated carbocycles. The van der Waals surface area contributed by atoms with Gasteiger partial charge in [-0.2, -0.15) is 0 Å². The number of benzene rings is 1. The summed E-state index contributed by atoms with van der Waals surface area (Å²) in [6.07, 6.45) is 3.87. The van der Waals surface area contributed by atoms with Crippen LogP contribution in [0.15, 0.2) is 55.6 Å². The fourth-order valence-corrected chi connectivity index (χ4v) is 1.34. The lowest BCUT2D eigenvalue weighted by Gasteiger charge is -2.14. The summed E-state index contributed by atoms with van der Waals surface area (Å²) in [6, 6.07) is 10.4. The zero-order chi connectivity index (χ0) is 9.52. The highest BCUT2D eigenvalue weighted by molar-refractivity contribution is 5.28. The lowest BCUT2D eigenvalue weighted by atomic mass is 10.3. The Bertz CT molecular complexity index is 254. The van der Waals surface area contributed by atoms with Gasteiger partial charge in [-0.05, 0) is 24.3 Å². The third-order valence-corrected chi connectivity index (χ3v) is 1.96. The molecule has 0 aliphatic carbocycles. The highest BCUT2D eigenvalue weighted by Gasteiger charge is 2.05. The molecule has 0 spiro atoms. The van der Waals surface area contributed by atoms with E-state index in [9.17, 15) is 0 Å². The molecule has 0 radical (unpaired) electrons. The van der Waals surface area contributed by atoms with Crippen LogP contribution < -0.4 is 4.90 Å². The molecule has 13 heavy (non-hydrogen) atoms. The van der Waals surface area contributed by atoms with Gasteiger partial charge in [-0.25, -0.2) is 0 Å². The molecule has 1 rings (SSSR count). The van der Waals surface area contributed by atoms with Crippen molar-refractivity contribution in [1.29, 1.82) is 0 Å². The van der Waals surface area contributed by atoms with E-state index in [1.54, 1.807) is 0 Å². The minimum absolute atomic E-state index is 0.941. The first kappa shape index (κ1) is 9.75. The van der Waals surface area contributed by atoms with Crippen LogP contribution in [0.1, 0.15) is 0 Å². The SMILES string of the molecule is C=CC[NH+](CC=C)c1ccccc1. The molecule has 0 aliphatic rings. The molecule has 1 N–H and O–H groups in total. The smallest absolute Gasteiger partial charge is 0.131 e. The maximum absolute atomic E-state index is 3.75. The molecule has 0 aliphatic heterocycles. The first-order valence-corrected chi connectivity index (χ1v) is 4.50. The topological polar surface area (TPSA) is 4.44 Å². The second-order valence-electron chi connectivity index (χ2n) is 2.96.